The predicted octanol–water partition coefficient (Wildman–Crippen LogP) is 3.58. The number of halogens is 1. The van der Waals surface area contributed by atoms with Crippen molar-refractivity contribution in [3.05, 3.63) is 59.4 Å². The van der Waals surface area contributed by atoms with Crippen molar-refractivity contribution >= 4 is 35.0 Å². The molecule has 0 unspecified atom stereocenters. The van der Waals surface area contributed by atoms with Crippen molar-refractivity contribution in [2.24, 2.45) is 0 Å². The minimum Gasteiger partial charge on any atom is -0.508 e. The van der Waals surface area contributed by atoms with Crippen molar-refractivity contribution in [1.29, 1.82) is 0 Å². The summed E-state index contributed by atoms with van der Waals surface area (Å²) in [6.45, 7) is 0.390. The highest BCUT2D eigenvalue weighted by atomic mass is 35.5. The minimum atomic E-state index is 0.149. The number of nitrogen functional groups attached to an aromatic ring is 1. The first-order valence-corrected chi connectivity index (χ1v) is 8.25. The molecule has 3 aromatic rings. The van der Waals surface area contributed by atoms with Crippen LogP contribution in [0.15, 0.2) is 58.6 Å². The van der Waals surface area contributed by atoms with Gasteiger partial charge in [-0.05, 0) is 48.2 Å². The Morgan fingerprint density at radius 3 is 2.71 bits per heavy atom. The van der Waals surface area contributed by atoms with Crippen molar-refractivity contribution < 1.29 is 5.11 Å². The second kappa shape index (κ2) is 7.37. The van der Waals surface area contributed by atoms with Crippen LogP contribution in [0.1, 0.15) is 5.82 Å². The lowest BCUT2D eigenvalue weighted by molar-refractivity contribution is 0.474. The Balaban J connectivity index is 1.73. The molecular weight excluding hydrogens is 346 g/mol. The lowest BCUT2D eigenvalue weighted by atomic mass is 10.3. The maximum absolute atomic E-state index is 9.52. The van der Waals surface area contributed by atoms with Crippen LogP contribution in [0.4, 0.5) is 11.6 Å². The summed E-state index contributed by atoms with van der Waals surface area (Å²) in [5, 5.41) is 13.8. The molecule has 0 aliphatic heterocycles. The van der Waals surface area contributed by atoms with Crippen molar-refractivity contribution in [2.75, 3.05) is 11.1 Å². The van der Waals surface area contributed by atoms with Gasteiger partial charge in [0, 0.05) is 15.6 Å². The zero-order valence-corrected chi connectivity index (χ0v) is 14.1. The summed E-state index contributed by atoms with van der Waals surface area (Å²) < 4.78 is 0. The number of hydrogen-bond donors (Lipinski definition) is 3. The van der Waals surface area contributed by atoms with E-state index >= 15 is 0 Å². The Kier molecular flexibility index (Phi) is 5.02. The molecule has 0 saturated carbocycles. The molecule has 0 fully saturated rings. The topological polar surface area (TPSA) is 97.0 Å². The zero-order chi connectivity index (χ0) is 16.9. The van der Waals surface area contributed by atoms with Gasteiger partial charge in [0.15, 0.2) is 11.0 Å². The van der Waals surface area contributed by atoms with Crippen molar-refractivity contribution in [1.82, 2.24) is 15.0 Å². The monoisotopic (exact) mass is 359 g/mol. The van der Waals surface area contributed by atoms with Crippen LogP contribution in [0.25, 0.3) is 0 Å². The van der Waals surface area contributed by atoms with E-state index in [1.54, 1.807) is 24.3 Å². The highest BCUT2D eigenvalue weighted by Gasteiger charge is 2.07. The average molecular weight is 360 g/mol. The normalized spacial score (nSPS) is 10.5. The molecule has 0 aliphatic rings. The van der Waals surface area contributed by atoms with Gasteiger partial charge in [-0.25, -0.2) is 4.98 Å². The number of phenolic OH excluding ortho intramolecular Hbond substituents is 1. The molecular formula is C16H14ClN5OS. The number of nitrogens with one attached hydrogen (secondary N) is 1. The zero-order valence-electron chi connectivity index (χ0n) is 12.5. The SMILES string of the molecule is Nc1nc(CNc2cccc(Cl)c2)nc(Sc2cccc(O)c2)n1. The van der Waals surface area contributed by atoms with Crippen molar-refractivity contribution in [2.45, 2.75) is 16.6 Å². The van der Waals surface area contributed by atoms with Gasteiger partial charge in [-0.3, -0.25) is 0 Å². The number of aromatic hydroxyl groups is 1. The highest BCUT2D eigenvalue weighted by Crippen LogP contribution is 2.27. The fourth-order valence-electron chi connectivity index (χ4n) is 1.97. The molecule has 0 saturated heterocycles. The van der Waals surface area contributed by atoms with Crippen LogP contribution in [0.5, 0.6) is 5.75 Å². The largest absolute Gasteiger partial charge is 0.508 e. The van der Waals surface area contributed by atoms with Crippen LogP contribution in [0, 0.1) is 0 Å². The second-order valence-electron chi connectivity index (χ2n) is 4.86. The van der Waals surface area contributed by atoms with E-state index in [2.05, 4.69) is 20.3 Å². The molecule has 0 atom stereocenters. The lowest BCUT2D eigenvalue weighted by Gasteiger charge is -2.08. The van der Waals surface area contributed by atoms with Crippen LogP contribution in [-0.2, 0) is 6.54 Å². The molecule has 0 radical (unpaired) electrons. The van der Waals surface area contributed by atoms with Crippen LogP contribution in [0.2, 0.25) is 5.02 Å². The first-order chi connectivity index (χ1) is 11.6. The van der Waals surface area contributed by atoms with E-state index in [1.807, 2.05) is 24.3 Å². The van der Waals surface area contributed by atoms with E-state index in [4.69, 9.17) is 17.3 Å². The van der Waals surface area contributed by atoms with Gasteiger partial charge in [-0.15, -0.1) is 0 Å². The molecule has 1 aromatic heterocycles. The third-order valence-corrected chi connectivity index (χ3v) is 4.07. The molecule has 2 aromatic carbocycles. The van der Waals surface area contributed by atoms with E-state index in [0.717, 1.165) is 10.6 Å². The Morgan fingerprint density at radius 2 is 1.92 bits per heavy atom. The fraction of sp³-hybridized carbons (Fsp3) is 0.0625. The van der Waals surface area contributed by atoms with Crippen LogP contribution >= 0.6 is 23.4 Å². The van der Waals surface area contributed by atoms with Gasteiger partial charge in [0.2, 0.25) is 5.95 Å². The molecule has 0 aliphatic carbocycles. The summed E-state index contributed by atoms with van der Waals surface area (Å²) in [5.41, 5.74) is 6.63. The number of nitrogens with two attached hydrogens (primary N) is 1. The van der Waals surface area contributed by atoms with Crippen LogP contribution in [-0.4, -0.2) is 20.1 Å². The maximum Gasteiger partial charge on any atom is 0.224 e. The maximum atomic E-state index is 9.52. The quantitative estimate of drug-likeness (QED) is 0.640. The number of phenols is 1. The van der Waals surface area contributed by atoms with Crippen molar-refractivity contribution in [3.8, 4) is 5.75 Å². The molecule has 0 spiro atoms. The van der Waals surface area contributed by atoms with Gasteiger partial charge >= 0.3 is 0 Å². The lowest BCUT2D eigenvalue weighted by Crippen LogP contribution is -2.09. The molecule has 6 nitrogen and oxygen atoms in total. The molecule has 8 heteroatoms. The average Bonchev–Trinajstić information content (AvgIpc) is 2.52. The van der Waals surface area contributed by atoms with Crippen molar-refractivity contribution in [3.63, 3.8) is 0 Å². The van der Waals surface area contributed by atoms with Gasteiger partial charge in [-0.2, -0.15) is 9.97 Å². The molecule has 122 valence electrons. The van der Waals surface area contributed by atoms with Gasteiger partial charge in [0.25, 0.3) is 0 Å². The van der Waals surface area contributed by atoms with E-state index in [0.29, 0.717) is 22.5 Å². The number of aromatic nitrogens is 3. The second-order valence-corrected chi connectivity index (χ2v) is 6.33. The Morgan fingerprint density at radius 1 is 1.08 bits per heavy atom. The van der Waals surface area contributed by atoms with Crippen LogP contribution < -0.4 is 11.1 Å². The minimum absolute atomic E-state index is 0.149. The predicted molar refractivity (Wildman–Crippen MR) is 95.2 cm³/mol. The summed E-state index contributed by atoms with van der Waals surface area (Å²) in [6.07, 6.45) is 0. The van der Waals surface area contributed by atoms with Crippen LogP contribution in [0.3, 0.4) is 0 Å². The fourth-order valence-corrected chi connectivity index (χ4v) is 2.99. The Labute approximate surface area is 148 Å². The van der Waals surface area contributed by atoms with Gasteiger partial charge in [0.05, 0.1) is 6.54 Å². The number of nitrogens with zero attached hydrogens (tertiary/aromatic N) is 3. The smallest absolute Gasteiger partial charge is 0.224 e. The Bertz CT molecular complexity index is 861. The Hall–Kier alpha value is -2.51. The third-order valence-electron chi connectivity index (χ3n) is 2.98. The number of rotatable bonds is 5. The summed E-state index contributed by atoms with van der Waals surface area (Å²) in [5.74, 6) is 0.852. The first kappa shape index (κ1) is 16.4. The number of anilines is 2. The third kappa shape index (κ3) is 4.50. The number of benzene rings is 2. The summed E-state index contributed by atoms with van der Waals surface area (Å²) >= 11 is 7.26. The van der Waals surface area contributed by atoms with E-state index in [-0.39, 0.29) is 11.7 Å². The molecule has 1 heterocycles. The molecule has 24 heavy (non-hydrogen) atoms. The van der Waals surface area contributed by atoms with Gasteiger partial charge in [0.1, 0.15) is 5.75 Å². The summed E-state index contributed by atoms with van der Waals surface area (Å²) in [4.78, 5) is 13.4. The summed E-state index contributed by atoms with van der Waals surface area (Å²) in [7, 11) is 0. The molecule has 4 N–H and O–H groups in total. The van der Waals surface area contributed by atoms with E-state index < -0.39 is 0 Å². The van der Waals surface area contributed by atoms with E-state index in [1.165, 1.54) is 11.8 Å². The van der Waals surface area contributed by atoms with E-state index in [9.17, 15) is 5.11 Å². The highest BCUT2D eigenvalue weighted by molar-refractivity contribution is 7.99. The van der Waals surface area contributed by atoms with Gasteiger partial charge < -0.3 is 16.2 Å². The molecule has 3 rings (SSSR count). The standard InChI is InChI=1S/C16H14ClN5OS/c17-10-3-1-4-11(7-10)19-9-14-20-15(18)22-16(21-14)24-13-6-2-5-12(23)8-13/h1-8,19,23H,9H2,(H2,18,20,21,22). The first-order valence-electron chi connectivity index (χ1n) is 7.05. The van der Waals surface area contributed by atoms with Gasteiger partial charge in [-0.1, -0.05) is 23.7 Å². The molecule has 0 amide bonds. The summed E-state index contributed by atoms with van der Waals surface area (Å²) in [6, 6.07) is 14.2. The molecule has 0 bridgehead atoms. The number of hydrogen-bond acceptors (Lipinski definition) is 7.